The van der Waals surface area contributed by atoms with Crippen LogP contribution in [0.4, 0.5) is 5.69 Å². The number of para-hydroxylation sites is 1. The Morgan fingerprint density at radius 3 is 2.84 bits per heavy atom. The standard InChI is InChI=1S/C12H12BrN5S/c1-6(2)10-15-16-12-18(10)17-11(19-12)7-4-3-5-8(13)9(7)14/h3-6H,14H2,1-2H3. The molecule has 3 rings (SSSR count). The van der Waals surface area contributed by atoms with Crippen molar-refractivity contribution in [3.63, 3.8) is 0 Å². The number of benzene rings is 1. The molecule has 0 aliphatic rings. The first-order chi connectivity index (χ1) is 9.08. The van der Waals surface area contributed by atoms with Gasteiger partial charge in [0.1, 0.15) is 5.01 Å². The summed E-state index contributed by atoms with van der Waals surface area (Å²) in [5.41, 5.74) is 7.69. The molecular formula is C12H12BrN5S. The van der Waals surface area contributed by atoms with E-state index in [1.165, 1.54) is 11.3 Å². The normalized spacial score (nSPS) is 11.6. The molecule has 0 fully saturated rings. The smallest absolute Gasteiger partial charge is 0.234 e. The van der Waals surface area contributed by atoms with E-state index in [-0.39, 0.29) is 5.92 Å². The van der Waals surface area contributed by atoms with Crippen LogP contribution >= 0.6 is 27.3 Å². The van der Waals surface area contributed by atoms with Gasteiger partial charge in [0.15, 0.2) is 5.82 Å². The van der Waals surface area contributed by atoms with Crippen LogP contribution in [-0.4, -0.2) is 19.8 Å². The van der Waals surface area contributed by atoms with Crippen LogP contribution in [0.3, 0.4) is 0 Å². The van der Waals surface area contributed by atoms with E-state index in [1.54, 1.807) is 4.52 Å². The summed E-state index contributed by atoms with van der Waals surface area (Å²) in [6.07, 6.45) is 0. The summed E-state index contributed by atoms with van der Waals surface area (Å²) >= 11 is 4.92. The maximum Gasteiger partial charge on any atom is 0.234 e. The van der Waals surface area contributed by atoms with Crippen molar-refractivity contribution in [3.8, 4) is 10.6 Å². The maximum absolute atomic E-state index is 6.08. The number of hydrogen-bond donors (Lipinski definition) is 1. The predicted molar refractivity (Wildman–Crippen MR) is 80.3 cm³/mol. The van der Waals surface area contributed by atoms with Crippen LogP contribution < -0.4 is 5.73 Å². The van der Waals surface area contributed by atoms with Crippen LogP contribution in [0.2, 0.25) is 0 Å². The van der Waals surface area contributed by atoms with Gasteiger partial charge in [-0.25, -0.2) is 0 Å². The Hall–Kier alpha value is -1.47. The SMILES string of the molecule is CC(C)c1nnc2sc(-c3cccc(Br)c3N)nn12. The molecule has 0 saturated heterocycles. The van der Waals surface area contributed by atoms with E-state index in [4.69, 9.17) is 5.73 Å². The Kier molecular flexibility index (Phi) is 3.02. The van der Waals surface area contributed by atoms with Crippen LogP contribution in [0, 0.1) is 0 Å². The van der Waals surface area contributed by atoms with E-state index in [9.17, 15) is 0 Å². The molecule has 0 amide bonds. The molecule has 0 saturated carbocycles. The largest absolute Gasteiger partial charge is 0.397 e. The Morgan fingerprint density at radius 2 is 2.11 bits per heavy atom. The van der Waals surface area contributed by atoms with Gasteiger partial charge >= 0.3 is 0 Å². The van der Waals surface area contributed by atoms with E-state index >= 15 is 0 Å². The zero-order chi connectivity index (χ0) is 13.6. The first-order valence-corrected chi connectivity index (χ1v) is 7.45. The quantitative estimate of drug-likeness (QED) is 0.728. The molecule has 19 heavy (non-hydrogen) atoms. The lowest BCUT2D eigenvalue weighted by Crippen LogP contribution is -1.98. The van der Waals surface area contributed by atoms with Gasteiger partial charge in [-0.3, -0.25) is 0 Å². The Bertz CT molecular complexity index is 746. The second kappa shape index (κ2) is 4.57. The fourth-order valence-corrected chi connectivity index (χ4v) is 3.08. The van der Waals surface area contributed by atoms with Crippen LogP contribution in [0.5, 0.6) is 0 Å². The number of fused-ring (bicyclic) bond motifs is 1. The molecule has 0 spiro atoms. The van der Waals surface area contributed by atoms with Gasteiger partial charge in [0.2, 0.25) is 4.96 Å². The molecule has 7 heteroatoms. The van der Waals surface area contributed by atoms with Crippen LogP contribution in [-0.2, 0) is 0 Å². The highest BCUT2D eigenvalue weighted by atomic mass is 79.9. The zero-order valence-corrected chi connectivity index (χ0v) is 12.9. The number of nitrogens with two attached hydrogens (primary N) is 1. The van der Waals surface area contributed by atoms with E-state index in [1.807, 2.05) is 18.2 Å². The zero-order valence-electron chi connectivity index (χ0n) is 10.5. The van der Waals surface area contributed by atoms with Crippen LogP contribution in [0.15, 0.2) is 22.7 Å². The van der Waals surface area contributed by atoms with Gasteiger partial charge in [-0.2, -0.15) is 9.61 Å². The fourth-order valence-electron chi connectivity index (χ4n) is 1.82. The summed E-state index contributed by atoms with van der Waals surface area (Å²) in [4.78, 5) is 0.790. The molecule has 1 aromatic carbocycles. The van der Waals surface area contributed by atoms with Crippen molar-refractivity contribution >= 4 is 37.9 Å². The third-order valence-corrected chi connectivity index (χ3v) is 4.44. The number of hydrogen-bond acceptors (Lipinski definition) is 5. The highest BCUT2D eigenvalue weighted by molar-refractivity contribution is 9.10. The number of nitrogen functional groups attached to an aromatic ring is 1. The lowest BCUT2D eigenvalue weighted by Gasteiger charge is -2.03. The molecule has 0 aliphatic heterocycles. The molecule has 2 aromatic heterocycles. The molecule has 0 atom stereocenters. The predicted octanol–water partition coefficient (Wildman–Crippen LogP) is 3.32. The molecule has 98 valence electrons. The van der Waals surface area contributed by atoms with Crippen molar-refractivity contribution in [2.45, 2.75) is 19.8 Å². The second-order valence-electron chi connectivity index (χ2n) is 4.52. The lowest BCUT2D eigenvalue weighted by atomic mass is 10.2. The minimum atomic E-state index is 0.282. The van der Waals surface area contributed by atoms with Crippen molar-refractivity contribution in [1.82, 2.24) is 19.8 Å². The Morgan fingerprint density at radius 1 is 1.32 bits per heavy atom. The molecule has 0 radical (unpaired) electrons. The Labute approximate surface area is 122 Å². The molecule has 5 nitrogen and oxygen atoms in total. The first-order valence-electron chi connectivity index (χ1n) is 5.84. The van der Waals surface area contributed by atoms with Gasteiger partial charge in [0, 0.05) is 16.0 Å². The van der Waals surface area contributed by atoms with Crippen LogP contribution in [0.25, 0.3) is 15.5 Å². The number of nitrogens with zero attached hydrogens (tertiary/aromatic N) is 4. The van der Waals surface area contributed by atoms with E-state index in [0.717, 1.165) is 25.8 Å². The molecule has 0 aliphatic carbocycles. The van der Waals surface area contributed by atoms with Crippen molar-refractivity contribution in [2.24, 2.45) is 0 Å². The number of aromatic nitrogens is 4. The summed E-state index contributed by atoms with van der Waals surface area (Å²) in [5.74, 6) is 1.15. The van der Waals surface area contributed by atoms with E-state index in [2.05, 4.69) is 45.1 Å². The molecule has 0 unspecified atom stereocenters. The van der Waals surface area contributed by atoms with Gasteiger partial charge in [-0.1, -0.05) is 31.3 Å². The summed E-state index contributed by atoms with van der Waals surface area (Å²) < 4.78 is 2.67. The highest BCUT2D eigenvalue weighted by Gasteiger charge is 2.16. The van der Waals surface area contributed by atoms with Crippen LogP contribution in [0.1, 0.15) is 25.6 Å². The highest BCUT2D eigenvalue weighted by Crippen LogP contribution is 2.34. The van der Waals surface area contributed by atoms with Crippen molar-refractivity contribution in [2.75, 3.05) is 5.73 Å². The molecule has 0 bridgehead atoms. The number of halogens is 1. The topological polar surface area (TPSA) is 69.1 Å². The molecular weight excluding hydrogens is 326 g/mol. The summed E-state index contributed by atoms with van der Waals surface area (Å²) in [6, 6.07) is 5.82. The van der Waals surface area contributed by atoms with Crippen molar-refractivity contribution < 1.29 is 0 Å². The van der Waals surface area contributed by atoms with E-state index < -0.39 is 0 Å². The van der Waals surface area contributed by atoms with Gasteiger partial charge in [-0.05, 0) is 28.1 Å². The summed E-state index contributed by atoms with van der Waals surface area (Å²) in [5, 5.41) is 13.7. The number of anilines is 1. The third kappa shape index (κ3) is 2.02. The van der Waals surface area contributed by atoms with Crippen molar-refractivity contribution in [3.05, 3.63) is 28.5 Å². The molecule has 2 N–H and O–H groups in total. The summed E-state index contributed by atoms with van der Waals surface area (Å²) in [6.45, 7) is 4.14. The third-order valence-electron chi connectivity index (χ3n) is 2.81. The summed E-state index contributed by atoms with van der Waals surface area (Å²) in [7, 11) is 0. The minimum absolute atomic E-state index is 0.282. The average Bonchev–Trinajstić information content (AvgIpc) is 2.91. The number of rotatable bonds is 2. The monoisotopic (exact) mass is 337 g/mol. The van der Waals surface area contributed by atoms with Gasteiger partial charge in [-0.15, -0.1) is 10.2 Å². The minimum Gasteiger partial charge on any atom is -0.397 e. The fraction of sp³-hybridized carbons (Fsp3) is 0.250. The average molecular weight is 338 g/mol. The maximum atomic E-state index is 6.08. The van der Waals surface area contributed by atoms with Crippen molar-refractivity contribution in [1.29, 1.82) is 0 Å². The molecule has 3 aromatic rings. The second-order valence-corrected chi connectivity index (χ2v) is 6.33. The first kappa shape index (κ1) is 12.6. The molecule has 2 heterocycles. The van der Waals surface area contributed by atoms with E-state index in [0.29, 0.717) is 5.69 Å². The Balaban J connectivity index is 2.18. The van der Waals surface area contributed by atoms with Gasteiger partial charge in [0.05, 0.1) is 5.69 Å². The van der Waals surface area contributed by atoms with Gasteiger partial charge in [0.25, 0.3) is 0 Å². The van der Waals surface area contributed by atoms with Gasteiger partial charge < -0.3 is 5.73 Å². The lowest BCUT2D eigenvalue weighted by molar-refractivity contribution is 0.727.